The summed E-state index contributed by atoms with van der Waals surface area (Å²) >= 11 is 8.14. The van der Waals surface area contributed by atoms with Crippen LogP contribution in [0.4, 0.5) is 5.69 Å². The lowest BCUT2D eigenvalue weighted by atomic mass is 10.2. The monoisotopic (exact) mass is 521 g/mol. The van der Waals surface area contributed by atoms with Crippen molar-refractivity contribution in [2.75, 3.05) is 18.1 Å². The molecule has 0 saturated carbocycles. The summed E-state index contributed by atoms with van der Waals surface area (Å²) in [4.78, 5) is 8.85. The Morgan fingerprint density at radius 3 is 2.55 bits per heavy atom. The predicted molar refractivity (Wildman–Crippen MR) is 139 cm³/mol. The number of nitrogens with one attached hydrogen (secondary N) is 2. The first-order valence-electron chi connectivity index (χ1n) is 9.57. The van der Waals surface area contributed by atoms with E-state index in [0.717, 1.165) is 10.5 Å². The van der Waals surface area contributed by atoms with E-state index < -0.39 is 10.0 Å². The Morgan fingerprint density at radius 1 is 1.12 bits per heavy atom. The Labute approximate surface area is 207 Å². The van der Waals surface area contributed by atoms with Crippen molar-refractivity contribution in [3.8, 4) is 5.75 Å². The average Bonchev–Trinajstić information content (AvgIpc) is 3.23. The molecule has 10 heteroatoms. The largest absolute Gasteiger partial charge is 0.495 e. The average molecular weight is 522 g/mol. The molecule has 4 rings (SSSR count). The Bertz CT molecular complexity index is 1400. The number of imidazole rings is 1. The molecule has 0 amide bonds. The second-order valence-electron chi connectivity index (χ2n) is 6.84. The van der Waals surface area contributed by atoms with E-state index in [1.165, 1.54) is 19.2 Å². The molecule has 0 atom stereocenters. The molecule has 0 fully saturated rings. The fraction of sp³-hybridized carbons (Fsp3) is 0.0870. The van der Waals surface area contributed by atoms with E-state index in [1.807, 2.05) is 36.6 Å². The Morgan fingerprint density at radius 2 is 1.85 bits per heavy atom. The van der Waals surface area contributed by atoms with Gasteiger partial charge >= 0.3 is 0 Å². The molecule has 172 valence electrons. The van der Waals surface area contributed by atoms with E-state index >= 15 is 0 Å². The van der Waals surface area contributed by atoms with E-state index in [1.54, 1.807) is 42.1 Å². The number of rotatable bonds is 7. The van der Waals surface area contributed by atoms with Gasteiger partial charge < -0.3 is 9.72 Å². The smallest absolute Gasteiger partial charge is 0.262 e. The van der Waals surface area contributed by atoms with Crippen molar-refractivity contribution in [2.45, 2.75) is 9.79 Å². The summed E-state index contributed by atoms with van der Waals surface area (Å²) in [5.41, 5.74) is 2.48. The highest BCUT2D eigenvalue weighted by molar-refractivity contribution is 7.98. The van der Waals surface area contributed by atoms with Crippen molar-refractivity contribution < 1.29 is 13.2 Å². The van der Waals surface area contributed by atoms with Crippen LogP contribution in [0, 0.1) is 0 Å². The molecule has 1 aromatic heterocycles. The van der Waals surface area contributed by atoms with Crippen molar-refractivity contribution in [3.63, 3.8) is 0 Å². The van der Waals surface area contributed by atoms with Crippen LogP contribution in [0.25, 0.3) is 22.1 Å². The van der Waals surface area contributed by atoms with Crippen LogP contribution in [0.3, 0.4) is 0 Å². The van der Waals surface area contributed by atoms with Crippen molar-refractivity contribution in [3.05, 3.63) is 78.1 Å². The standard InChI is InChI=1S/C23H20ClN3O3S2.ClH/c1-30-22-6-4-3-5-20(22)27-32(28,29)17-11-12-19-21(14-17)26-23(25-19)18(24)13-15-7-9-16(31-2)10-8-15;/h3-14,27H,1-2H3,(H,25,26);1H. The Kier molecular flexibility index (Phi) is 7.97. The zero-order valence-electron chi connectivity index (χ0n) is 17.7. The van der Waals surface area contributed by atoms with Gasteiger partial charge in [-0.15, -0.1) is 24.2 Å². The zero-order chi connectivity index (χ0) is 22.7. The summed E-state index contributed by atoms with van der Waals surface area (Å²) in [6.07, 6.45) is 3.83. The van der Waals surface area contributed by atoms with Crippen LogP contribution in [0.1, 0.15) is 11.4 Å². The molecule has 0 aliphatic heterocycles. The van der Waals surface area contributed by atoms with Crippen molar-refractivity contribution in [2.24, 2.45) is 0 Å². The van der Waals surface area contributed by atoms with E-state index in [0.29, 0.717) is 33.3 Å². The van der Waals surface area contributed by atoms with Gasteiger partial charge in [0.25, 0.3) is 10.0 Å². The molecule has 4 aromatic rings. The van der Waals surface area contributed by atoms with Gasteiger partial charge in [0.05, 0.1) is 33.8 Å². The van der Waals surface area contributed by atoms with Gasteiger partial charge in [0, 0.05) is 4.90 Å². The Balaban J connectivity index is 0.00000306. The third kappa shape index (κ3) is 5.65. The lowest BCUT2D eigenvalue weighted by molar-refractivity contribution is 0.417. The molecular weight excluding hydrogens is 501 g/mol. The maximum atomic E-state index is 12.9. The lowest BCUT2D eigenvalue weighted by Crippen LogP contribution is -2.13. The number of para-hydroxylation sites is 2. The van der Waals surface area contributed by atoms with Crippen LogP contribution in [-0.4, -0.2) is 31.8 Å². The van der Waals surface area contributed by atoms with Crippen molar-refractivity contribution >= 4 is 73.6 Å². The quantitative estimate of drug-likeness (QED) is 0.280. The SMILES string of the molecule is COc1ccccc1NS(=O)(=O)c1ccc2nc(C(Cl)=Cc3ccc(SC)cc3)[nH]c2c1.Cl. The first-order valence-corrected chi connectivity index (χ1v) is 12.7. The number of aromatic amines is 1. The topological polar surface area (TPSA) is 84.1 Å². The molecular formula is C23H21Cl2N3O3S2. The first-order chi connectivity index (χ1) is 15.4. The highest BCUT2D eigenvalue weighted by Gasteiger charge is 2.18. The molecule has 1 heterocycles. The fourth-order valence-corrected chi connectivity index (χ4v) is 4.84. The maximum Gasteiger partial charge on any atom is 0.262 e. The third-order valence-electron chi connectivity index (χ3n) is 4.75. The van der Waals surface area contributed by atoms with Crippen LogP contribution in [0.5, 0.6) is 5.75 Å². The number of thioether (sulfide) groups is 1. The summed E-state index contributed by atoms with van der Waals surface area (Å²) < 4.78 is 33.6. The van der Waals surface area contributed by atoms with Crippen LogP contribution in [0.15, 0.2) is 76.5 Å². The number of anilines is 1. The van der Waals surface area contributed by atoms with E-state index in [9.17, 15) is 8.42 Å². The number of sulfonamides is 1. The lowest BCUT2D eigenvalue weighted by Gasteiger charge is -2.11. The summed E-state index contributed by atoms with van der Waals surface area (Å²) in [6.45, 7) is 0. The van der Waals surface area contributed by atoms with Gasteiger partial charge in [0.1, 0.15) is 11.6 Å². The second-order valence-corrected chi connectivity index (χ2v) is 9.80. The number of halogens is 2. The van der Waals surface area contributed by atoms with Gasteiger partial charge in [-0.05, 0) is 60.4 Å². The van der Waals surface area contributed by atoms with Crippen LogP contribution in [0.2, 0.25) is 0 Å². The number of nitrogens with zero attached hydrogens (tertiary/aromatic N) is 1. The third-order valence-corrected chi connectivity index (χ3v) is 7.15. The fourth-order valence-electron chi connectivity index (χ4n) is 3.12. The van der Waals surface area contributed by atoms with Gasteiger partial charge in [-0.1, -0.05) is 35.9 Å². The summed E-state index contributed by atoms with van der Waals surface area (Å²) in [7, 11) is -2.35. The van der Waals surface area contributed by atoms with E-state index in [2.05, 4.69) is 14.7 Å². The number of aromatic nitrogens is 2. The van der Waals surface area contributed by atoms with E-state index in [-0.39, 0.29) is 17.3 Å². The molecule has 0 unspecified atom stereocenters. The predicted octanol–water partition coefficient (Wildman–Crippen LogP) is 6.25. The van der Waals surface area contributed by atoms with Gasteiger partial charge in [-0.2, -0.15) is 0 Å². The highest BCUT2D eigenvalue weighted by Crippen LogP contribution is 2.28. The molecule has 0 aliphatic carbocycles. The van der Waals surface area contributed by atoms with Crippen molar-refractivity contribution in [1.82, 2.24) is 9.97 Å². The summed E-state index contributed by atoms with van der Waals surface area (Å²) in [6, 6.07) is 19.5. The molecule has 0 bridgehead atoms. The number of benzene rings is 3. The normalized spacial score (nSPS) is 11.8. The van der Waals surface area contributed by atoms with Crippen LogP contribution in [-0.2, 0) is 10.0 Å². The molecule has 33 heavy (non-hydrogen) atoms. The van der Waals surface area contributed by atoms with Gasteiger partial charge in [-0.3, -0.25) is 4.72 Å². The minimum atomic E-state index is -3.83. The van der Waals surface area contributed by atoms with Gasteiger partial charge in [0.2, 0.25) is 0 Å². The second kappa shape index (κ2) is 10.5. The Hall–Kier alpha value is -2.65. The number of hydrogen-bond acceptors (Lipinski definition) is 5. The number of ether oxygens (including phenoxy) is 1. The van der Waals surface area contributed by atoms with E-state index in [4.69, 9.17) is 16.3 Å². The molecule has 3 aromatic carbocycles. The minimum Gasteiger partial charge on any atom is -0.495 e. The molecule has 0 spiro atoms. The van der Waals surface area contributed by atoms with Crippen LogP contribution < -0.4 is 9.46 Å². The summed E-state index contributed by atoms with van der Waals surface area (Å²) in [5.74, 6) is 0.895. The highest BCUT2D eigenvalue weighted by atomic mass is 35.5. The van der Waals surface area contributed by atoms with Crippen LogP contribution >= 0.6 is 35.8 Å². The first kappa shape index (κ1) is 25.0. The molecule has 2 N–H and O–H groups in total. The number of fused-ring (bicyclic) bond motifs is 1. The van der Waals surface area contributed by atoms with Crippen molar-refractivity contribution in [1.29, 1.82) is 0 Å². The minimum absolute atomic E-state index is 0. The summed E-state index contributed by atoms with van der Waals surface area (Å²) in [5, 5.41) is 0.426. The zero-order valence-corrected chi connectivity index (χ0v) is 20.9. The number of methoxy groups -OCH3 is 1. The number of H-pyrrole nitrogens is 1. The number of hydrogen-bond donors (Lipinski definition) is 2. The molecule has 0 radical (unpaired) electrons. The maximum absolute atomic E-state index is 12.9. The molecule has 0 saturated heterocycles. The molecule has 0 aliphatic rings. The van der Waals surface area contributed by atoms with Gasteiger partial charge in [0.15, 0.2) is 0 Å². The molecule has 6 nitrogen and oxygen atoms in total. The van der Waals surface area contributed by atoms with Gasteiger partial charge in [-0.25, -0.2) is 13.4 Å².